The van der Waals surface area contributed by atoms with E-state index in [-0.39, 0.29) is 0 Å². The van der Waals surface area contributed by atoms with Gasteiger partial charge in [0.1, 0.15) is 0 Å². The first kappa shape index (κ1) is 16.7. The highest BCUT2D eigenvalue weighted by Crippen LogP contribution is 2.05. The second kappa shape index (κ2) is 12.1. The molecule has 0 amide bonds. The van der Waals surface area contributed by atoms with E-state index < -0.39 is 0 Å². The Bertz CT molecular complexity index is 178. The first-order chi connectivity index (χ1) is 8.16. The molecule has 0 unspecified atom stereocenters. The molecule has 102 valence electrons. The van der Waals surface area contributed by atoms with Gasteiger partial charge in [0.2, 0.25) is 0 Å². The van der Waals surface area contributed by atoms with E-state index in [9.17, 15) is 0 Å². The van der Waals surface area contributed by atoms with E-state index in [1.165, 1.54) is 38.5 Å². The molecule has 2 nitrogen and oxygen atoms in total. The first-order valence-electron chi connectivity index (χ1n) is 7.14. The lowest BCUT2D eigenvalue weighted by molar-refractivity contribution is 0.149. The topological polar surface area (TPSA) is 21.3 Å². The number of unbranched alkanes of at least 4 members (excludes halogenated alkanes) is 5. The smallest absolute Gasteiger partial charge is 0.0686 e. The molecular formula is C15H31NO. The van der Waals surface area contributed by atoms with Crippen molar-refractivity contribution in [3.8, 4) is 0 Å². The van der Waals surface area contributed by atoms with Crippen LogP contribution in [0.2, 0.25) is 0 Å². The zero-order chi connectivity index (χ0) is 12.9. The van der Waals surface area contributed by atoms with Crippen LogP contribution < -0.4 is 5.32 Å². The fraction of sp³-hybridized carbons (Fsp3) is 0.867. The predicted octanol–water partition coefficient (Wildman–Crippen LogP) is 3.92. The highest BCUT2D eigenvalue weighted by molar-refractivity contribution is 4.97. The molecule has 2 heteroatoms. The Labute approximate surface area is 108 Å². The van der Waals surface area contributed by atoms with Gasteiger partial charge in [0.05, 0.1) is 6.61 Å². The largest absolute Gasteiger partial charge is 0.377 e. The van der Waals surface area contributed by atoms with Crippen molar-refractivity contribution in [2.75, 3.05) is 19.8 Å². The molecule has 0 aliphatic carbocycles. The minimum atomic E-state index is 0.519. The van der Waals surface area contributed by atoms with Crippen LogP contribution in [0.5, 0.6) is 0 Å². The summed E-state index contributed by atoms with van der Waals surface area (Å²) in [6.45, 7) is 13.0. The average Bonchev–Trinajstić information content (AvgIpc) is 2.30. The minimum absolute atomic E-state index is 0.519. The minimum Gasteiger partial charge on any atom is -0.377 e. The zero-order valence-electron chi connectivity index (χ0n) is 12.1. The lowest BCUT2D eigenvalue weighted by atomic mass is 10.1. The van der Waals surface area contributed by atoms with Crippen molar-refractivity contribution in [1.82, 2.24) is 5.32 Å². The standard InChI is InChI=1S/C15H31NO/c1-5-6-7-8-9-10-11-17-13-15(4)12-16-14(2)3/h14,16H,4-13H2,1-3H3. The number of ether oxygens (including phenoxy) is 1. The van der Waals surface area contributed by atoms with E-state index in [4.69, 9.17) is 4.74 Å². The third-order valence-corrected chi connectivity index (χ3v) is 2.71. The van der Waals surface area contributed by atoms with Crippen LogP contribution in [-0.4, -0.2) is 25.8 Å². The maximum absolute atomic E-state index is 5.59. The fourth-order valence-corrected chi connectivity index (χ4v) is 1.60. The van der Waals surface area contributed by atoms with Crippen LogP contribution >= 0.6 is 0 Å². The molecule has 0 radical (unpaired) electrons. The summed E-state index contributed by atoms with van der Waals surface area (Å²) in [6, 6.07) is 0.519. The van der Waals surface area contributed by atoms with Gasteiger partial charge in [0, 0.05) is 19.2 Å². The van der Waals surface area contributed by atoms with Crippen molar-refractivity contribution in [2.24, 2.45) is 0 Å². The van der Waals surface area contributed by atoms with Gasteiger partial charge in [-0.2, -0.15) is 0 Å². The summed E-state index contributed by atoms with van der Waals surface area (Å²) < 4.78 is 5.59. The van der Waals surface area contributed by atoms with Gasteiger partial charge >= 0.3 is 0 Å². The third kappa shape index (κ3) is 13.6. The average molecular weight is 241 g/mol. The van der Waals surface area contributed by atoms with E-state index in [1.54, 1.807) is 0 Å². The van der Waals surface area contributed by atoms with Gasteiger partial charge < -0.3 is 10.1 Å². The maximum Gasteiger partial charge on any atom is 0.0686 e. The Morgan fingerprint density at radius 2 is 1.76 bits per heavy atom. The summed E-state index contributed by atoms with van der Waals surface area (Å²) >= 11 is 0. The highest BCUT2D eigenvalue weighted by atomic mass is 16.5. The molecule has 17 heavy (non-hydrogen) atoms. The van der Waals surface area contributed by atoms with E-state index in [0.717, 1.165) is 18.7 Å². The van der Waals surface area contributed by atoms with Crippen LogP contribution in [0.3, 0.4) is 0 Å². The van der Waals surface area contributed by atoms with Crippen molar-refractivity contribution < 1.29 is 4.74 Å². The lowest BCUT2D eigenvalue weighted by Crippen LogP contribution is -2.25. The van der Waals surface area contributed by atoms with Crippen molar-refractivity contribution in [2.45, 2.75) is 65.3 Å². The third-order valence-electron chi connectivity index (χ3n) is 2.71. The Morgan fingerprint density at radius 3 is 2.41 bits per heavy atom. The van der Waals surface area contributed by atoms with Crippen LogP contribution in [0.25, 0.3) is 0 Å². The normalized spacial score (nSPS) is 11.1. The molecule has 1 N–H and O–H groups in total. The molecule has 0 fully saturated rings. The van der Waals surface area contributed by atoms with E-state index in [1.807, 2.05) is 0 Å². The molecule has 0 heterocycles. The number of hydrogen-bond acceptors (Lipinski definition) is 2. The van der Waals surface area contributed by atoms with Crippen molar-refractivity contribution in [1.29, 1.82) is 0 Å². The van der Waals surface area contributed by atoms with Crippen LogP contribution in [0, 0.1) is 0 Å². The summed E-state index contributed by atoms with van der Waals surface area (Å²) in [5, 5.41) is 3.34. The number of hydrogen-bond donors (Lipinski definition) is 1. The Morgan fingerprint density at radius 1 is 1.12 bits per heavy atom. The van der Waals surface area contributed by atoms with Gasteiger partial charge in [-0.05, 0) is 12.0 Å². The molecule has 0 spiro atoms. The summed E-state index contributed by atoms with van der Waals surface area (Å²) in [5.74, 6) is 0. The second-order valence-corrected chi connectivity index (χ2v) is 5.11. The number of nitrogens with one attached hydrogen (secondary N) is 1. The van der Waals surface area contributed by atoms with Gasteiger partial charge in [-0.25, -0.2) is 0 Å². The molecule has 0 atom stereocenters. The molecular weight excluding hydrogens is 210 g/mol. The molecule has 0 aromatic carbocycles. The summed E-state index contributed by atoms with van der Waals surface area (Å²) in [7, 11) is 0. The van der Waals surface area contributed by atoms with Crippen molar-refractivity contribution in [3.63, 3.8) is 0 Å². The Kier molecular flexibility index (Phi) is 11.9. The molecule has 0 aliphatic heterocycles. The van der Waals surface area contributed by atoms with Crippen LogP contribution in [0.15, 0.2) is 12.2 Å². The van der Waals surface area contributed by atoms with Gasteiger partial charge in [0.15, 0.2) is 0 Å². The Balaban J connectivity index is 3.14. The summed E-state index contributed by atoms with van der Waals surface area (Å²) in [4.78, 5) is 0. The second-order valence-electron chi connectivity index (χ2n) is 5.11. The van der Waals surface area contributed by atoms with E-state index in [0.29, 0.717) is 12.6 Å². The quantitative estimate of drug-likeness (QED) is 0.413. The predicted molar refractivity (Wildman–Crippen MR) is 76.5 cm³/mol. The van der Waals surface area contributed by atoms with E-state index in [2.05, 4.69) is 32.7 Å². The fourth-order valence-electron chi connectivity index (χ4n) is 1.60. The molecule has 0 rings (SSSR count). The molecule has 0 aromatic heterocycles. The summed E-state index contributed by atoms with van der Waals surface area (Å²) in [5.41, 5.74) is 1.14. The van der Waals surface area contributed by atoms with Gasteiger partial charge in [-0.1, -0.05) is 59.5 Å². The number of rotatable bonds is 12. The van der Waals surface area contributed by atoms with Crippen LogP contribution in [0.4, 0.5) is 0 Å². The highest BCUT2D eigenvalue weighted by Gasteiger charge is 1.97. The SMILES string of the molecule is C=C(CNC(C)C)COCCCCCCCC. The lowest BCUT2D eigenvalue weighted by Gasteiger charge is -2.10. The molecule has 0 aliphatic rings. The molecule has 0 aromatic rings. The molecule has 0 saturated carbocycles. The van der Waals surface area contributed by atoms with Crippen molar-refractivity contribution >= 4 is 0 Å². The van der Waals surface area contributed by atoms with Crippen LogP contribution in [-0.2, 0) is 4.74 Å². The van der Waals surface area contributed by atoms with Gasteiger partial charge in [-0.3, -0.25) is 0 Å². The molecule has 0 bridgehead atoms. The van der Waals surface area contributed by atoms with Crippen LogP contribution in [0.1, 0.15) is 59.3 Å². The van der Waals surface area contributed by atoms with E-state index >= 15 is 0 Å². The van der Waals surface area contributed by atoms with Gasteiger partial charge in [-0.15, -0.1) is 0 Å². The monoisotopic (exact) mass is 241 g/mol. The first-order valence-corrected chi connectivity index (χ1v) is 7.14. The van der Waals surface area contributed by atoms with Crippen molar-refractivity contribution in [3.05, 3.63) is 12.2 Å². The zero-order valence-corrected chi connectivity index (χ0v) is 12.1. The summed E-state index contributed by atoms with van der Waals surface area (Å²) in [6.07, 6.45) is 7.91. The maximum atomic E-state index is 5.59. The Hall–Kier alpha value is -0.340. The van der Waals surface area contributed by atoms with Gasteiger partial charge in [0.25, 0.3) is 0 Å². The molecule has 0 saturated heterocycles.